The first-order chi connectivity index (χ1) is 15.9. The molecule has 0 saturated heterocycles. The van der Waals surface area contributed by atoms with E-state index >= 15 is 0 Å². The topological polar surface area (TPSA) is 81.4 Å². The number of sulfone groups is 1. The largest absolute Gasteiger partial charge is 0.494 e. The van der Waals surface area contributed by atoms with Crippen LogP contribution < -0.4 is 10.1 Å². The van der Waals surface area contributed by atoms with E-state index in [9.17, 15) is 12.8 Å². The molecule has 0 unspecified atom stereocenters. The van der Waals surface area contributed by atoms with E-state index in [0.717, 1.165) is 17.7 Å². The van der Waals surface area contributed by atoms with Crippen LogP contribution in [-0.2, 0) is 16.4 Å². The molecule has 3 aromatic carbocycles. The van der Waals surface area contributed by atoms with Gasteiger partial charge in [0.15, 0.2) is 0 Å². The number of aromatic nitrogens is 1. The van der Waals surface area contributed by atoms with Crippen LogP contribution in [0.3, 0.4) is 0 Å². The van der Waals surface area contributed by atoms with Crippen LogP contribution in [0.4, 0.5) is 10.3 Å². The molecule has 0 atom stereocenters. The summed E-state index contributed by atoms with van der Waals surface area (Å²) in [4.78, 5) is 4.18. The zero-order valence-electron chi connectivity index (χ0n) is 17.6. The molecule has 1 aromatic heterocycles. The maximum Gasteiger partial charge on any atom is 0.234 e. The molecule has 9 heteroatoms. The second-order valence-corrected chi connectivity index (χ2v) is 9.29. The highest BCUT2D eigenvalue weighted by Gasteiger charge is 2.28. The van der Waals surface area contributed by atoms with Crippen LogP contribution >= 0.6 is 11.6 Å². The van der Waals surface area contributed by atoms with E-state index in [1.807, 2.05) is 19.1 Å². The zero-order chi connectivity index (χ0) is 23.4. The Kier molecular flexibility index (Phi) is 6.67. The van der Waals surface area contributed by atoms with Gasteiger partial charge in [0.2, 0.25) is 26.6 Å². The van der Waals surface area contributed by atoms with Crippen molar-refractivity contribution in [1.29, 1.82) is 0 Å². The third-order valence-electron chi connectivity index (χ3n) is 4.78. The van der Waals surface area contributed by atoms with E-state index in [-0.39, 0.29) is 28.2 Å². The van der Waals surface area contributed by atoms with Crippen molar-refractivity contribution in [3.63, 3.8) is 0 Å². The van der Waals surface area contributed by atoms with Crippen LogP contribution in [0, 0.1) is 5.82 Å². The molecule has 170 valence electrons. The van der Waals surface area contributed by atoms with Crippen LogP contribution in [0.5, 0.6) is 5.75 Å². The minimum atomic E-state index is -4.10. The Morgan fingerprint density at radius 1 is 1.03 bits per heavy atom. The summed E-state index contributed by atoms with van der Waals surface area (Å²) < 4.78 is 51.2. The first-order valence-electron chi connectivity index (χ1n) is 10.1. The number of hydrogen-bond donors (Lipinski definition) is 1. The van der Waals surface area contributed by atoms with Gasteiger partial charge >= 0.3 is 0 Å². The number of hydrogen-bond acceptors (Lipinski definition) is 6. The van der Waals surface area contributed by atoms with Gasteiger partial charge in [-0.1, -0.05) is 29.8 Å². The van der Waals surface area contributed by atoms with Gasteiger partial charge in [-0.05, 0) is 67.1 Å². The molecule has 0 aliphatic rings. The molecule has 4 rings (SSSR count). The second-order valence-electron chi connectivity index (χ2n) is 7.01. The molecule has 0 aliphatic heterocycles. The second kappa shape index (κ2) is 9.64. The summed E-state index contributed by atoms with van der Waals surface area (Å²) >= 11 is 6.22. The van der Waals surface area contributed by atoms with E-state index in [0.29, 0.717) is 22.9 Å². The Labute approximate surface area is 195 Å². The summed E-state index contributed by atoms with van der Waals surface area (Å²) in [5.74, 6) is 0.203. The van der Waals surface area contributed by atoms with Gasteiger partial charge < -0.3 is 14.5 Å². The number of rotatable bonds is 8. The lowest BCUT2D eigenvalue weighted by atomic mass is 10.2. The standard InChI is InChI=1S/C24H20ClFN2O4S/c1-2-31-19-11-7-16(8-12-19)22-28-24(33(29,30)20-13-9-18(26)10-14-20)23(32-22)27-15-17-5-3-4-6-21(17)25/h3-14,27H,2,15H2,1H3. The Bertz CT molecular complexity index is 1350. The molecular weight excluding hydrogens is 467 g/mol. The Balaban J connectivity index is 1.74. The first kappa shape index (κ1) is 22.8. The van der Waals surface area contributed by atoms with Gasteiger partial charge in [-0.25, -0.2) is 12.8 Å². The molecule has 0 saturated carbocycles. The van der Waals surface area contributed by atoms with Gasteiger partial charge in [0.25, 0.3) is 0 Å². The normalized spacial score (nSPS) is 11.4. The number of nitrogens with one attached hydrogen (secondary N) is 1. The van der Waals surface area contributed by atoms with Crippen molar-refractivity contribution in [1.82, 2.24) is 4.98 Å². The predicted molar refractivity (Wildman–Crippen MR) is 124 cm³/mol. The Morgan fingerprint density at radius 2 is 1.73 bits per heavy atom. The number of anilines is 1. The number of oxazole rings is 1. The summed E-state index contributed by atoms with van der Waals surface area (Å²) in [6.45, 7) is 2.61. The first-order valence-corrected chi connectivity index (χ1v) is 12.0. The number of ether oxygens (including phenoxy) is 1. The minimum Gasteiger partial charge on any atom is -0.494 e. The lowest BCUT2D eigenvalue weighted by Gasteiger charge is -2.07. The molecule has 0 radical (unpaired) electrons. The van der Waals surface area contributed by atoms with Crippen LogP contribution in [0.1, 0.15) is 12.5 Å². The van der Waals surface area contributed by atoms with Gasteiger partial charge in [-0.2, -0.15) is 4.98 Å². The fourth-order valence-electron chi connectivity index (χ4n) is 3.13. The summed E-state index contributed by atoms with van der Waals surface area (Å²) in [5, 5.41) is 3.21. The SMILES string of the molecule is CCOc1ccc(-c2nc(S(=O)(=O)c3ccc(F)cc3)c(NCc3ccccc3Cl)o2)cc1. The molecule has 4 aromatic rings. The molecule has 0 aliphatic carbocycles. The van der Waals surface area contributed by atoms with Gasteiger partial charge in [-0.3, -0.25) is 0 Å². The van der Waals surface area contributed by atoms with Gasteiger partial charge in [0.1, 0.15) is 11.6 Å². The highest BCUT2D eigenvalue weighted by molar-refractivity contribution is 7.91. The molecule has 0 spiro atoms. The van der Waals surface area contributed by atoms with Crippen LogP contribution in [0.25, 0.3) is 11.5 Å². The van der Waals surface area contributed by atoms with E-state index < -0.39 is 15.7 Å². The van der Waals surface area contributed by atoms with Crippen LogP contribution in [0.15, 0.2) is 87.1 Å². The van der Waals surface area contributed by atoms with E-state index in [1.165, 1.54) is 12.1 Å². The Hall–Kier alpha value is -3.36. The summed E-state index contributed by atoms with van der Waals surface area (Å²) in [7, 11) is -4.10. The molecule has 0 fully saturated rings. The highest BCUT2D eigenvalue weighted by atomic mass is 35.5. The van der Waals surface area contributed by atoms with Gasteiger partial charge in [0, 0.05) is 17.1 Å². The Morgan fingerprint density at radius 3 is 2.39 bits per heavy atom. The zero-order valence-corrected chi connectivity index (χ0v) is 19.2. The van der Waals surface area contributed by atoms with E-state index in [2.05, 4.69) is 10.3 Å². The van der Waals surface area contributed by atoms with Gasteiger partial charge in [0.05, 0.1) is 11.5 Å². The van der Waals surface area contributed by atoms with Gasteiger partial charge in [-0.15, -0.1) is 0 Å². The molecule has 33 heavy (non-hydrogen) atoms. The lowest BCUT2D eigenvalue weighted by molar-refractivity contribution is 0.340. The highest BCUT2D eigenvalue weighted by Crippen LogP contribution is 2.33. The average Bonchev–Trinajstić information content (AvgIpc) is 3.25. The van der Waals surface area contributed by atoms with Crippen molar-refractivity contribution >= 4 is 27.3 Å². The predicted octanol–water partition coefficient (Wildman–Crippen LogP) is 5.98. The molecular formula is C24H20ClFN2O4S. The maximum absolute atomic E-state index is 13.4. The number of benzene rings is 3. The maximum atomic E-state index is 13.4. The molecule has 6 nitrogen and oxygen atoms in total. The fourth-order valence-corrected chi connectivity index (χ4v) is 4.61. The van der Waals surface area contributed by atoms with Crippen molar-refractivity contribution in [2.45, 2.75) is 23.4 Å². The third kappa shape index (κ3) is 5.02. The lowest BCUT2D eigenvalue weighted by Crippen LogP contribution is -2.07. The van der Waals surface area contributed by atoms with Crippen molar-refractivity contribution in [3.05, 3.63) is 89.2 Å². The monoisotopic (exact) mass is 486 g/mol. The molecule has 1 N–H and O–H groups in total. The summed E-state index contributed by atoms with van der Waals surface area (Å²) in [6, 6.07) is 18.6. The van der Waals surface area contributed by atoms with Crippen molar-refractivity contribution in [3.8, 4) is 17.2 Å². The van der Waals surface area contributed by atoms with E-state index in [1.54, 1.807) is 36.4 Å². The average molecular weight is 487 g/mol. The quantitative estimate of drug-likeness (QED) is 0.309. The smallest absolute Gasteiger partial charge is 0.234 e. The van der Waals surface area contributed by atoms with Crippen molar-refractivity contribution in [2.24, 2.45) is 0 Å². The molecule has 0 amide bonds. The molecule has 1 heterocycles. The van der Waals surface area contributed by atoms with Crippen LogP contribution in [0.2, 0.25) is 5.02 Å². The summed E-state index contributed by atoms with van der Waals surface area (Å²) in [6.07, 6.45) is 0. The van der Waals surface area contributed by atoms with Crippen LogP contribution in [-0.4, -0.2) is 20.0 Å². The molecule has 0 bridgehead atoms. The third-order valence-corrected chi connectivity index (χ3v) is 6.83. The summed E-state index contributed by atoms with van der Waals surface area (Å²) in [5.41, 5.74) is 1.32. The van der Waals surface area contributed by atoms with Crippen molar-refractivity contribution in [2.75, 3.05) is 11.9 Å². The number of halogens is 2. The van der Waals surface area contributed by atoms with Crippen molar-refractivity contribution < 1.29 is 22.0 Å². The minimum absolute atomic E-state index is 0.0388. The number of nitrogens with zero attached hydrogens (tertiary/aromatic N) is 1. The van der Waals surface area contributed by atoms with E-state index in [4.69, 9.17) is 20.8 Å². The fraction of sp³-hybridized carbons (Fsp3) is 0.125.